The van der Waals surface area contributed by atoms with Crippen LogP contribution in [0.1, 0.15) is 42.6 Å². The maximum absolute atomic E-state index is 12.6. The van der Waals surface area contributed by atoms with Gasteiger partial charge in [-0.05, 0) is 50.3 Å². The van der Waals surface area contributed by atoms with E-state index in [0.29, 0.717) is 18.0 Å². The smallest absolute Gasteiger partial charge is 0.253 e. The van der Waals surface area contributed by atoms with Crippen molar-refractivity contribution in [2.24, 2.45) is 11.7 Å². The molecule has 7 heteroatoms. The predicted octanol–water partition coefficient (Wildman–Crippen LogP) is 1.33. The van der Waals surface area contributed by atoms with Crippen molar-refractivity contribution in [2.75, 3.05) is 18.8 Å². The zero-order chi connectivity index (χ0) is 17.7. The Morgan fingerprint density at radius 1 is 1.38 bits per heavy atom. The van der Waals surface area contributed by atoms with Crippen molar-refractivity contribution in [1.29, 1.82) is 0 Å². The molecule has 6 nitrogen and oxygen atoms in total. The Labute approximate surface area is 144 Å². The number of likely N-dealkylation sites (tertiary alicyclic amines) is 1. The summed E-state index contributed by atoms with van der Waals surface area (Å²) in [6.45, 7) is 5.29. The molecule has 3 N–H and O–H groups in total. The fraction of sp³-hybridized carbons (Fsp3) is 0.588. The molecule has 0 aliphatic carbocycles. The van der Waals surface area contributed by atoms with Crippen LogP contribution in [0.15, 0.2) is 24.3 Å². The lowest BCUT2D eigenvalue weighted by Crippen LogP contribution is -2.45. The van der Waals surface area contributed by atoms with Gasteiger partial charge >= 0.3 is 0 Å². The fourth-order valence-corrected chi connectivity index (χ4v) is 3.46. The van der Waals surface area contributed by atoms with Crippen molar-refractivity contribution >= 4 is 15.9 Å². The molecule has 1 amide bonds. The zero-order valence-electron chi connectivity index (χ0n) is 14.4. The second-order valence-electron chi connectivity index (χ2n) is 6.43. The van der Waals surface area contributed by atoms with Crippen molar-refractivity contribution in [3.8, 4) is 0 Å². The first kappa shape index (κ1) is 18.9. The lowest BCUT2D eigenvalue weighted by atomic mass is 9.92. The third-order valence-electron chi connectivity index (χ3n) is 4.57. The number of nitrogens with zero attached hydrogens (tertiary/aromatic N) is 1. The third kappa shape index (κ3) is 5.03. The van der Waals surface area contributed by atoms with Gasteiger partial charge in [0.1, 0.15) is 0 Å². The predicted molar refractivity (Wildman–Crippen MR) is 95.0 cm³/mol. The molecule has 0 bridgehead atoms. The van der Waals surface area contributed by atoms with Gasteiger partial charge in [-0.3, -0.25) is 4.79 Å². The number of nitrogens with two attached hydrogens (primary N) is 1. The van der Waals surface area contributed by atoms with Gasteiger partial charge in [-0.15, -0.1) is 0 Å². The van der Waals surface area contributed by atoms with E-state index in [4.69, 9.17) is 5.73 Å². The molecule has 1 aromatic rings. The SMILES string of the molecule is CCS(=O)(=O)NCc1ccc(C(=O)N2CCCC(C(C)N)C2)cc1. The molecular weight excluding hydrogens is 326 g/mol. The summed E-state index contributed by atoms with van der Waals surface area (Å²) in [5.41, 5.74) is 7.43. The number of carbonyl (C=O) groups is 1. The van der Waals surface area contributed by atoms with Crippen LogP contribution >= 0.6 is 0 Å². The number of piperidine rings is 1. The number of hydrogen-bond acceptors (Lipinski definition) is 4. The number of sulfonamides is 1. The fourth-order valence-electron chi connectivity index (χ4n) is 2.87. The number of hydrogen-bond donors (Lipinski definition) is 2. The van der Waals surface area contributed by atoms with Crippen molar-refractivity contribution < 1.29 is 13.2 Å². The van der Waals surface area contributed by atoms with E-state index in [2.05, 4.69) is 4.72 Å². The summed E-state index contributed by atoms with van der Waals surface area (Å²) in [5.74, 6) is 0.422. The molecule has 0 aromatic heterocycles. The van der Waals surface area contributed by atoms with Crippen molar-refractivity contribution in [1.82, 2.24) is 9.62 Å². The molecule has 0 saturated carbocycles. The van der Waals surface area contributed by atoms with Gasteiger partial charge in [0.15, 0.2) is 0 Å². The first-order valence-electron chi connectivity index (χ1n) is 8.43. The van der Waals surface area contributed by atoms with Gasteiger partial charge < -0.3 is 10.6 Å². The molecule has 1 aliphatic rings. The van der Waals surface area contributed by atoms with Gasteiger partial charge in [-0.25, -0.2) is 13.1 Å². The number of nitrogens with one attached hydrogen (secondary N) is 1. The summed E-state index contributed by atoms with van der Waals surface area (Å²) in [5, 5.41) is 0. The van der Waals surface area contributed by atoms with Gasteiger partial charge in [0.25, 0.3) is 5.91 Å². The monoisotopic (exact) mass is 353 g/mol. The largest absolute Gasteiger partial charge is 0.338 e. The van der Waals surface area contributed by atoms with Crippen LogP contribution in [0.25, 0.3) is 0 Å². The normalized spacial score (nSPS) is 20.0. The first-order valence-corrected chi connectivity index (χ1v) is 10.1. The van der Waals surface area contributed by atoms with Crippen molar-refractivity contribution in [3.63, 3.8) is 0 Å². The third-order valence-corrected chi connectivity index (χ3v) is 5.91. The highest BCUT2D eigenvalue weighted by Crippen LogP contribution is 2.20. The maximum atomic E-state index is 12.6. The summed E-state index contributed by atoms with van der Waals surface area (Å²) in [6, 6.07) is 7.19. The molecule has 134 valence electrons. The second kappa shape index (κ2) is 8.09. The maximum Gasteiger partial charge on any atom is 0.253 e. The minimum Gasteiger partial charge on any atom is -0.338 e. The van der Waals surface area contributed by atoms with Crippen LogP contribution in [0.2, 0.25) is 0 Å². The molecule has 2 atom stereocenters. The van der Waals surface area contributed by atoms with E-state index >= 15 is 0 Å². The minimum absolute atomic E-state index is 0.0149. The second-order valence-corrected chi connectivity index (χ2v) is 8.53. The highest BCUT2D eigenvalue weighted by Gasteiger charge is 2.26. The number of carbonyl (C=O) groups excluding carboxylic acids is 1. The average molecular weight is 353 g/mol. The molecule has 1 aromatic carbocycles. The molecule has 0 radical (unpaired) electrons. The van der Waals surface area contributed by atoms with Gasteiger partial charge in [0.2, 0.25) is 10.0 Å². The highest BCUT2D eigenvalue weighted by molar-refractivity contribution is 7.89. The minimum atomic E-state index is -3.21. The number of rotatable bonds is 6. The molecule has 24 heavy (non-hydrogen) atoms. The molecule has 1 saturated heterocycles. The van der Waals surface area contributed by atoms with Gasteiger partial charge in [-0.1, -0.05) is 12.1 Å². The molecule has 2 unspecified atom stereocenters. The Morgan fingerprint density at radius 2 is 2.04 bits per heavy atom. The van der Waals surface area contributed by atoms with E-state index in [1.807, 2.05) is 11.8 Å². The van der Waals surface area contributed by atoms with Crippen LogP contribution in [-0.2, 0) is 16.6 Å². The molecule has 2 rings (SSSR count). The van der Waals surface area contributed by atoms with Crippen LogP contribution in [0.4, 0.5) is 0 Å². The molecule has 1 heterocycles. The van der Waals surface area contributed by atoms with E-state index in [9.17, 15) is 13.2 Å². The quantitative estimate of drug-likeness (QED) is 0.807. The number of benzene rings is 1. The van der Waals surface area contributed by atoms with E-state index in [-0.39, 0.29) is 24.2 Å². The first-order chi connectivity index (χ1) is 11.3. The highest BCUT2D eigenvalue weighted by atomic mass is 32.2. The van der Waals surface area contributed by atoms with Gasteiger partial charge in [0.05, 0.1) is 5.75 Å². The van der Waals surface area contributed by atoms with Crippen molar-refractivity contribution in [3.05, 3.63) is 35.4 Å². The van der Waals surface area contributed by atoms with E-state index in [1.165, 1.54) is 0 Å². The van der Waals surface area contributed by atoms with Crippen LogP contribution in [0.5, 0.6) is 0 Å². The van der Waals surface area contributed by atoms with Gasteiger partial charge in [-0.2, -0.15) is 0 Å². The van der Waals surface area contributed by atoms with Crippen LogP contribution < -0.4 is 10.5 Å². The van der Waals surface area contributed by atoms with E-state index in [1.54, 1.807) is 31.2 Å². The lowest BCUT2D eigenvalue weighted by molar-refractivity contribution is 0.0661. The van der Waals surface area contributed by atoms with E-state index < -0.39 is 10.0 Å². The summed E-state index contributed by atoms with van der Waals surface area (Å²) in [6.07, 6.45) is 2.05. The van der Waals surface area contributed by atoms with Crippen LogP contribution in [-0.4, -0.2) is 44.1 Å². The summed E-state index contributed by atoms with van der Waals surface area (Å²) >= 11 is 0. The Hall–Kier alpha value is -1.44. The summed E-state index contributed by atoms with van der Waals surface area (Å²) in [7, 11) is -3.21. The Balaban J connectivity index is 1.98. The zero-order valence-corrected chi connectivity index (χ0v) is 15.2. The van der Waals surface area contributed by atoms with E-state index in [0.717, 1.165) is 24.9 Å². The molecule has 1 fully saturated rings. The van der Waals surface area contributed by atoms with Crippen LogP contribution in [0.3, 0.4) is 0 Å². The number of amides is 1. The lowest BCUT2D eigenvalue weighted by Gasteiger charge is -2.34. The van der Waals surface area contributed by atoms with Crippen LogP contribution in [0, 0.1) is 5.92 Å². The molecule has 0 spiro atoms. The van der Waals surface area contributed by atoms with Crippen molar-refractivity contribution in [2.45, 2.75) is 39.3 Å². The Bertz CT molecular complexity index is 656. The molecule has 1 aliphatic heterocycles. The summed E-state index contributed by atoms with van der Waals surface area (Å²) < 4.78 is 25.4. The molecular formula is C17H27N3O3S. The van der Waals surface area contributed by atoms with Gasteiger partial charge in [0, 0.05) is 31.2 Å². The Morgan fingerprint density at radius 3 is 2.62 bits per heavy atom. The average Bonchev–Trinajstić information content (AvgIpc) is 2.60. The standard InChI is InChI=1S/C17H27N3O3S/c1-3-24(22,23)19-11-14-6-8-15(9-7-14)17(21)20-10-4-5-16(12-20)13(2)18/h6-9,13,16,19H,3-5,10-12,18H2,1-2H3. The summed E-state index contributed by atoms with van der Waals surface area (Å²) in [4.78, 5) is 14.5. The Kier molecular flexibility index (Phi) is 6.37. The topological polar surface area (TPSA) is 92.5 Å².